The Labute approximate surface area is 221 Å². The number of benzene rings is 4. The Morgan fingerprint density at radius 3 is 2.42 bits per heavy atom. The summed E-state index contributed by atoms with van der Waals surface area (Å²) >= 11 is 9.67. The molecule has 176 valence electrons. The van der Waals surface area contributed by atoms with Gasteiger partial charge in [-0.25, -0.2) is 4.98 Å². The number of rotatable bonds is 3. The van der Waals surface area contributed by atoms with Crippen molar-refractivity contribution < 1.29 is 4.42 Å². The van der Waals surface area contributed by atoms with E-state index in [4.69, 9.17) is 21.0 Å². The Morgan fingerprint density at radius 1 is 0.861 bits per heavy atom. The summed E-state index contributed by atoms with van der Waals surface area (Å²) in [5.74, 6) is 0.571. The number of nitrogens with zero attached hydrogens (tertiary/aromatic N) is 4. The summed E-state index contributed by atoms with van der Waals surface area (Å²) in [5, 5.41) is 0.643. The van der Waals surface area contributed by atoms with Crippen molar-refractivity contribution in [1.82, 2.24) is 4.98 Å². The molecule has 0 atom stereocenters. The highest BCUT2D eigenvalue weighted by atomic mass is 79.9. The van der Waals surface area contributed by atoms with Gasteiger partial charge in [0.05, 0.1) is 12.4 Å². The summed E-state index contributed by atoms with van der Waals surface area (Å²) in [6, 6.07) is 26.5. The van der Waals surface area contributed by atoms with Gasteiger partial charge >= 0.3 is 0 Å². The molecule has 5 nitrogen and oxygen atoms in total. The Morgan fingerprint density at radius 2 is 1.61 bits per heavy atom. The van der Waals surface area contributed by atoms with Crippen LogP contribution in [0.4, 0.5) is 17.1 Å². The van der Waals surface area contributed by atoms with Crippen LogP contribution >= 0.6 is 27.5 Å². The van der Waals surface area contributed by atoms with Gasteiger partial charge in [0.2, 0.25) is 5.89 Å². The van der Waals surface area contributed by atoms with Crippen LogP contribution in [-0.4, -0.2) is 17.9 Å². The minimum absolute atomic E-state index is 0.571. The zero-order valence-corrected chi connectivity index (χ0v) is 21.5. The highest BCUT2D eigenvalue weighted by molar-refractivity contribution is 9.10. The lowest BCUT2D eigenvalue weighted by atomic mass is 10.0. The fraction of sp³-hybridized carbons (Fsp3) is 0.103. The molecule has 0 saturated heterocycles. The van der Waals surface area contributed by atoms with E-state index in [9.17, 15) is 0 Å². The number of anilines is 2. The lowest BCUT2D eigenvalue weighted by Crippen LogP contribution is -2.46. The number of halogens is 2. The summed E-state index contributed by atoms with van der Waals surface area (Å²) in [7, 11) is 0. The number of hydrogen-bond acceptors (Lipinski definition) is 5. The normalized spacial score (nSPS) is 14.4. The van der Waals surface area contributed by atoms with Crippen LogP contribution in [0.25, 0.3) is 22.6 Å². The van der Waals surface area contributed by atoms with E-state index in [1.54, 1.807) is 12.1 Å². The SMILES string of the molecule is Clc1ccc2oc(-c3ccc(N=Cc4ccc5c(c4)CN4CN5Cc5cc(Br)ccc54)cc3)nc2c1. The first-order valence-electron chi connectivity index (χ1n) is 11.7. The summed E-state index contributed by atoms with van der Waals surface area (Å²) in [5.41, 5.74) is 9.64. The van der Waals surface area contributed by atoms with Crippen LogP contribution in [-0.2, 0) is 13.1 Å². The van der Waals surface area contributed by atoms with Gasteiger partial charge in [-0.1, -0.05) is 33.6 Å². The minimum atomic E-state index is 0.571. The zero-order valence-electron chi connectivity index (χ0n) is 19.2. The van der Waals surface area contributed by atoms with Crippen LogP contribution in [0.15, 0.2) is 92.7 Å². The first-order valence-corrected chi connectivity index (χ1v) is 12.9. The van der Waals surface area contributed by atoms with Crippen molar-refractivity contribution in [2.24, 2.45) is 4.99 Å². The number of aromatic nitrogens is 1. The molecule has 2 aliphatic rings. The molecule has 7 heteroatoms. The summed E-state index contributed by atoms with van der Waals surface area (Å²) in [4.78, 5) is 14.1. The Kier molecular flexibility index (Phi) is 5.11. The molecule has 0 unspecified atom stereocenters. The van der Waals surface area contributed by atoms with Crippen molar-refractivity contribution in [3.8, 4) is 11.5 Å². The third kappa shape index (κ3) is 3.87. The van der Waals surface area contributed by atoms with E-state index in [1.807, 2.05) is 36.5 Å². The second-order valence-electron chi connectivity index (χ2n) is 9.13. The molecule has 1 aromatic heterocycles. The molecule has 5 aromatic rings. The lowest BCUT2D eigenvalue weighted by Gasteiger charge is -2.44. The first kappa shape index (κ1) is 21.7. The first-order chi connectivity index (χ1) is 17.6. The molecule has 0 amide bonds. The van der Waals surface area contributed by atoms with Gasteiger partial charge in [-0.2, -0.15) is 0 Å². The van der Waals surface area contributed by atoms with Gasteiger partial charge in [0.25, 0.3) is 0 Å². The highest BCUT2D eigenvalue weighted by Crippen LogP contribution is 2.39. The third-order valence-electron chi connectivity index (χ3n) is 6.72. The van der Waals surface area contributed by atoms with Crippen molar-refractivity contribution in [2.75, 3.05) is 16.5 Å². The number of fused-ring (bicyclic) bond motifs is 7. The van der Waals surface area contributed by atoms with Gasteiger partial charge in [0.1, 0.15) is 5.52 Å². The van der Waals surface area contributed by atoms with E-state index in [2.05, 4.69) is 67.1 Å². The summed E-state index contributed by atoms with van der Waals surface area (Å²) < 4.78 is 7.00. The molecule has 0 fully saturated rings. The van der Waals surface area contributed by atoms with Gasteiger partial charge in [0, 0.05) is 45.7 Å². The molecule has 0 spiro atoms. The monoisotopic (exact) mass is 554 g/mol. The van der Waals surface area contributed by atoms with E-state index >= 15 is 0 Å². The van der Waals surface area contributed by atoms with Gasteiger partial charge in [-0.3, -0.25) is 4.99 Å². The van der Waals surface area contributed by atoms with E-state index in [1.165, 1.54) is 22.5 Å². The molecular formula is C29H20BrClN4O. The average Bonchev–Trinajstić information content (AvgIpc) is 3.31. The second-order valence-corrected chi connectivity index (χ2v) is 10.5. The van der Waals surface area contributed by atoms with Gasteiger partial charge < -0.3 is 14.2 Å². The van der Waals surface area contributed by atoms with Crippen molar-refractivity contribution in [1.29, 1.82) is 0 Å². The molecule has 36 heavy (non-hydrogen) atoms. The van der Waals surface area contributed by atoms with Crippen LogP contribution in [0.2, 0.25) is 5.02 Å². The molecule has 2 bridgehead atoms. The number of oxazole rings is 1. The van der Waals surface area contributed by atoms with Gasteiger partial charge in [-0.05, 0) is 89.5 Å². The van der Waals surface area contributed by atoms with E-state index in [0.717, 1.165) is 52.1 Å². The van der Waals surface area contributed by atoms with Crippen LogP contribution in [0.1, 0.15) is 16.7 Å². The van der Waals surface area contributed by atoms with Crippen LogP contribution < -0.4 is 9.80 Å². The molecule has 0 aliphatic carbocycles. The predicted octanol–water partition coefficient (Wildman–Crippen LogP) is 7.96. The topological polar surface area (TPSA) is 44.9 Å². The quantitative estimate of drug-likeness (QED) is 0.212. The molecule has 0 N–H and O–H groups in total. The summed E-state index contributed by atoms with van der Waals surface area (Å²) in [6.45, 7) is 2.74. The van der Waals surface area contributed by atoms with E-state index < -0.39 is 0 Å². The average molecular weight is 556 g/mol. The Balaban J connectivity index is 1.11. The molecule has 3 heterocycles. The third-order valence-corrected chi connectivity index (χ3v) is 7.45. The fourth-order valence-electron chi connectivity index (χ4n) is 5.01. The number of aliphatic imine (C=N–C) groups is 1. The van der Waals surface area contributed by atoms with Crippen molar-refractivity contribution in [2.45, 2.75) is 13.1 Å². The fourth-order valence-corrected chi connectivity index (χ4v) is 5.59. The second kappa shape index (κ2) is 8.50. The number of hydrogen-bond donors (Lipinski definition) is 0. The van der Waals surface area contributed by atoms with Crippen molar-refractivity contribution in [3.05, 3.63) is 105 Å². The summed E-state index contributed by atoms with van der Waals surface area (Å²) in [6.07, 6.45) is 1.93. The molecule has 0 radical (unpaired) electrons. The highest BCUT2D eigenvalue weighted by Gasteiger charge is 2.29. The van der Waals surface area contributed by atoms with Crippen LogP contribution in [0, 0.1) is 0 Å². The van der Waals surface area contributed by atoms with E-state index in [0.29, 0.717) is 10.9 Å². The predicted molar refractivity (Wildman–Crippen MR) is 150 cm³/mol. The van der Waals surface area contributed by atoms with Crippen LogP contribution in [0.5, 0.6) is 0 Å². The Bertz CT molecular complexity index is 1660. The maximum absolute atomic E-state index is 6.07. The van der Waals surface area contributed by atoms with Crippen molar-refractivity contribution >= 4 is 61.9 Å². The maximum Gasteiger partial charge on any atom is 0.227 e. The minimum Gasteiger partial charge on any atom is -0.436 e. The molecule has 0 saturated carbocycles. The molecule has 2 aliphatic heterocycles. The van der Waals surface area contributed by atoms with Crippen molar-refractivity contribution in [3.63, 3.8) is 0 Å². The van der Waals surface area contributed by atoms with Crippen LogP contribution in [0.3, 0.4) is 0 Å². The molecule has 7 rings (SSSR count). The smallest absolute Gasteiger partial charge is 0.227 e. The van der Waals surface area contributed by atoms with Gasteiger partial charge in [0.15, 0.2) is 5.58 Å². The molecular weight excluding hydrogens is 536 g/mol. The molecule has 4 aromatic carbocycles. The largest absolute Gasteiger partial charge is 0.436 e. The lowest BCUT2D eigenvalue weighted by molar-refractivity contribution is 0.620. The Hall–Kier alpha value is -3.61. The maximum atomic E-state index is 6.07. The van der Waals surface area contributed by atoms with E-state index in [-0.39, 0.29) is 0 Å². The standard InChI is InChI=1S/C29H20BrClN4O/c30-22-4-9-27-21(12-22)16-35-17-34(27)15-20-11-18(1-8-26(20)35)14-32-24-6-2-19(3-7-24)29-33-25-13-23(31)5-10-28(25)36-29/h1-14H,15-17H2. The zero-order chi connectivity index (χ0) is 24.2. The van der Waals surface area contributed by atoms with Gasteiger partial charge in [-0.15, -0.1) is 0 Å².